The summed E-state index contributed by atoms with van der Waals surface area (Å²) < 4.78 is 25.3. The molecular formula is C87H57N3O3S2. The van der Waals surface area contributed by atoms with Crippen LogP contribution in [0.4, 0.5) is 34.1 Å². The van der Waals surface area contributed by atoms with Gasteiger partial charge in [-0.05, 0) is 180 Å². The van der Waals surface area contributed by atoms with Gasteiger partial charge in [0.2, 0.25) is 0 Å². The van der Waals surface area contributed by atoms with Gasteiger partial charge in [0.1, 0.15) is 16.9 Å². The van der Waals surface area contributed by atoms with Gasteiger partial charge in [0.15, 0.2) is 17.3 Å². The Labute approximate surface area is 557 Å². The minimum Gasteiger partial charge on any atom is -0.455 e. The van der Waals surface area contributed by atoms with E-state index < -0.39 is 5.41 Å². The number of furan rings is 1. The van der Waals surface area contributed by atoms with E-state index in [2.05, 4.69) is 294 Å². The summed E-state index contributed by atoms with van der Waals surface area (Å²) in [5.41, 5.74) is 20.8. The molecule has 3 aromatic heterocycles. The maximum absolute atomic E-state index is 7.01. The van der Waals surface area contributed by atoms with E-state index in [1.165, 1.54) is 74.5 Å². The summed E-state index contributed by atoms with van der Waals surface area (Å²) in [7, 11) is 0. The molecule has 0 amide bonds. The number of thiophene rings is 1. The van der Waals surface area contributed by atoms with Gasteiger partial charge in [-0.3, -0.25) is 0 Å². The molecule has 0 bridgehead atoms. The van der Waals surface area contributed by atoms with Crippen molar-refractivity contribution in [3.8, 4) is 50.6 Å². The number of rotatable bonds is 10. The Morgan fingerprint density at radius 1 is 0.453 bits per heavy atom. The topological polar surface area (TPSA) is 43.0 Å². The van der Waals surface area contributed by atoms with Gasteiger partial charge in [0, 0.05) is 97.6 Å². The number of anilines is 6. The van der Waals surface area contributed by atoms with Crippen LogP contribution in [0, 0.1) is 0 Å². The largest absolute Gasteiger partial charge is 0.455 e. The lowest BCUT2D eigenvalue weighted by Crippen LogP contribution is -2.32. The van der Waals surface area contributed by atoms with Gasteiger partial charge in [-0.2, -0.15) is 0 Å². The summed E-state index contributed by atoms with van der Waals surface area (Å²) in [4.78, 5) is 7.37. The number of para-hydroxylation sites is 4. The Morgan fingerprint density at radius 2 is 1.09 bits per heavy atom. The molecule has 2 aliphatic heterocycles. The first-order valence-electron chi connectivity index (χ1n) is 32.2. The number of hydrogen-bond donors (Lipinski definition) is 0. The zero-order valence-corrected chi connectivity index (χ0v) is 53.5. The van der Waals surface area contributed by atoms with Gasteiger partial charge in [-0.25, -0.2) is 0 Å². The third-order valence-corrected chi connectivity index (χ3v) is 21.7. The minimum atomic E-state index is -0.774. The van der Waals surface area contributed by atoms with Crippen LogP contribution >= 0.6 is 23.1 Å². The molecule has 1 spiro atoms. The van der Waals surface area contributed by atoms with Crippen molar-refractivity contribution >= 4 is 110 Å². The van der Waals surface area contributed by atoms with E-state index in [-0.39, 0.29) is 0 Å². The average molecular weight is 1260 g/mol. The highest BCUT2D eigenvalue weighted by Crippen LogP contribution is 2.64. The first-order chi connectivity index (χ1) is 47.0. The molecule has 13 aromatic carbocycles. The standard InChI is InChI=1S/C87H57N3O3S2/c1-3-22-77-54(2)91-85-67(33-21-37-79(85)92-77)70-50-62(49-69-66-31-15-19-36-78(66)93-84(69)70)89(61-40-39-56-47-48-88(76(56)53-61)57-25-9-5-10-26-57)59-41-45-81-73(51-59)87(71-34-17-13-29-64(71)65-30-14-18-35-72(65)87)74-52-60(42-46-82(74)94-81)90(58-27-11-6-12-28-58)75-44-43-63(55-23-7-4-8-24-55)86-83(75)68-32-16-20-38-80(68)95-86/h3-53H,1-2H3/b22-3-. The number of ether oxygens (including phenoxy) is 2. The van der Waals surface area contributed by atoms with Crippen molar-refractivity contribution < 1.29 is 13.9 Å². The van der Waals surface area contributed by atoms with Crippen molar-refractivity contribution in [2.24, 2.45) is 0 Å². The van der Waals surface area contributed by atoms with Crippen LogP contribution in [0.3, 0.4) is 0 Å². The van der Waals surface area contributed by atoms with Gasteiger partial charge >= 0.3 is 0 Å². The van der Waals surface area contributed by atoms with Crippen molar-refractivity contribution in [1.82, 2.24) is 4.57 Å². The van der Waals surface area contributed by atoms with Crippen molar-refractivity contribution in [2.75, 3.05) is 9.80 Å². The van der Waals surface area contributed by atoms with Crippen LogP contribution < -0.4 is 19.3 Å². The summed E-state index contributed by atoms with van der Waals surface area (Å²) in [5, 5.41) is 5.62. The Kier molecular flexibility index (Phi) is 12.6. The molecule has 0 atom stereocenters. The molecule has 0 saturated carbocycles. The van der Waals surface area contributed by atoms with Gasteiger partial charge in [0.05, 0.1) is 16.6 Å². The average Bonchev–Trinajstić information content (AvgIpc) is 1.58. The normalized spacial score (nSPS) is 13.5. The maximum atomic E-state index is 7.01. The van der Waals surface area contributed by atoms with E-state index in [4.69, 9.17) is 13.9 Å². The highest BCUT2D eigenvalue weighted by Gasteiger charge is 2.51. The van der Waals surface area contributed by atoms with Crippen molar-refractivity contribution in [1.29, 1.82) is 0 Å². The summed E-state index contributed by atoms with van der Waals surface area (Å²) in [6, 6.07) is 107. The molecule has 6 nitrogen and oxygen atoms in total. The quantitative estimate of drug-likeness (QED) is 0.136. The molecule has 0 radical (unpaired) electrons. The molecule has 8 heteroatoms. The Morgan fingerprint density at radius 3 is 1.85 bits per heavy atom. The smallest absolute Gasteiger partial charge is 0.177 e. The van der Waals surface area contributed by atoms with Crippen LogP contribution in [0.2, 0.25) is 0 Å². The van der Waals surface area contributed by atoms with E-state index in [0.29, 0.717) is 23.0 Å². The van der Waals surface area contributed by atoms with E-state index in [9.17, 15) is 0 Å². The molecule has 1 aliphatic carbocycles. The highest BCUT2D eigenvalue weighted by atomic mass is 32.2. The third-order valence-electron chi connectivity index (χ3n) is 19.4. The second-order valence-corrected chi connectivity index (χ2v) is 26.7. The van der Waals surface area contributed by atoms with Crippen LogP contribution in [-0.2, 0) is 5.41 Å². The number of fused-ring (bicyclic) bond motifs is 17. The van der Waals surface area contributed by atoms with Gasteiger partial charge in [-0.1, -0.05) is 194 Å². The molecule has 3 aliphatic rings. The fourth-order valence-corrected chi connectivity index (χ4v) is 17.7. The predicted molar refractivity (Wildman–Crippen MR) is 394 cm³/mol. The lowest BCUT2D eigenvalue weighted by atomic mass is 9.67. The molecule has 450 valence electrons. The lowest BCUT2D eigenvalue weighted by molar-refractivity contribution is 0.307. The van der Waals surface area contributed by atoms with Gasteiger partial charge in [0.25, 0.3) is 0 Å². The molecular weight excluding hydrogens is 1200 g/mol. The molecule has 0 fully saturated rings. The first kappa shape index (κ1) is 55.1. The van der Waals surface area contributed by atoms with E-state index in [1.807, 2.05) is 67.3 Å². The summed E-state index contributed by atoms with van der Waals surface area (Å²) in [6.45, 7) is 3.95. The predicted octanol–water partition coefficient (Wildman–Crippen LogP) is 24.6. The molecule has 0 N–H and O–H groups in total. The summed E-state index contributed by atoms with van der Waals surface area (Å²) in [6.07, 6.45) is 6.10. The first-order valence-corrected chi connectivity index (χ1v) is 33.9. The van der Waals surface area contributed by atoms with Crippen LogP contribution in [0.5, 0.6) is 11.5 Å². The van der Waals surface area contributed by atoms with Crippen molar-refractivity contribution in [3.63, 3.8) is 0 Å². The zero-order valence-electron chi connectivity index (χ0n) is 51.8. The molecule has 19 rings (SSSR count). The molecule has 95 heavy (non-hydrogen) atoms. The van der Waals surface area contributed by atoms with Crippen LogP contribution in [-0.4, -0.2) is 4.57 Å². The van der Waals surface area contributed by atoms with Gasteiger partial charge < -0.3 is 28.3 Å². The van der Waals surface area contributed by atoms with Crippen LogP contribution in [0.1, 0.15) is 36.1 Å². The third kappa shape index (κ3) is 8.51. The highest BCUT2D eigenvalue weighted by molar-refractivity contribution is 7.99. The molecule has 0 saturated heterocycles. The second kappa shape index (κ2) is 21.8. The Hall–Kier alpha value is -11.6. The molecule has 5 heterocycles. The summed E-state index contributed by atoms with van der Waals surface area (Å²) >= 11 is 3.73. The number of benzene rings is 13. The van der Waals surface area contributed by atoms with Gasteiger partial charge in [-0.15, -0.1) is 11.3 Å². The van der Waals surface area contributed by atoms with E-state index in [1.54, 1.807) is 0 Å². The fraction of sp³-hybridized carbons (Fsp3) is 0.0345. The monoisotopic (exact) mass is 1260 g/mol. The zero-order chi connectivity index (χ0) is 62.9. The van der Waals surface area contributed by atoms with Crippen LogP contribution in [0.25, 0.3) is 92.1 Å². The Balaban J connectivity index is 0.870. The fourth-order valence-electron chi connectivity index (χ4n) is 15.3. The summed E-state index contributed by atoms with van der Waals surface area (Å²) in [5.74, 6) is 2.63. The Bertz CT molecular complexity index is 5840. The second-order valence-electron chi connectivity index (χ2n) is 24.6. The SMILES string of the molecule is C/C=C\C1=C(C)Oc2c(cccc2-c2cc(N(c3ccc4c(c3)C3(c5cc(N(c6ccccc6)c6ccc(-c7ccccc7)c7sc8ccccc8c67)ccc5S4)c4ccccc4-c4ccccc43)c3ccc4ccn(-c5ccccc5)c4c3)cc3c2oc2ccccc23)O1. The minimum absolute atomic E-state index is 0.637. The molecule has 0 unspecified atom stereocenters. The lowest BCUT2D eigenvalue weighted by Gasteiger charge is -2.41. The van der Waals surface area contributed by atoms with Crippen molar-refractivity contribution in [3.05, 3.63) is 343 Å². The van der Waals surface area contributed by atoms with E-state index >= 15 is 0 Å². The van der Waals surface area contributed by atoms with Crippen LogP contribution in [0.15, 0.2) is 335 Å². The number of aromatic nitrogens is 1. The number of nitrogens with zero attached hydrogens (tertiary/aromatic N) is 3. The maximum Gasteiger partial charge on any atom is 0.177 e. The number of allylic oxidation sites excluding steroid dienone is 3. The van der Waals surface area contributed by atoms with Crippen molar-refractivity contribution in [2.45, 2.75) is 29.1 Å². The van der Waals surface area contributed by atoms with E-state index in [0.717, 1.165) is 83.8 Å². The molecule has 16 aromatic rings. The number of hydrogen-bond acceptors (Lipinski definition) is 7.